The van der Waals surface area contributed by atoms with E-state index in [1.54, 1.807) is 0 Å². The fraction of sp³-hybridized carbons (Fsp3) is 0.167. The number of allylic oxidation sites excluding steroid dienone is 2. The number of rotatable bonds is 7. The molecule has 0 aliphatic heterocycles. The van der Waals surface area contributed by atoms with Crippen LogP contribution in [0.1, 0.15) is 30.5 Å². The van der Waals surface area contributed by atoms with Crippen LogP contribution in [0.3, 0.4) is 0 Å². The molecule has 26 heavy (non-hydrogen) atoms. The molecule has 0 saturated carbocycles. The lowest BCUT2D eigenvalue weighted by atomic mass is 10.1. The van der Waals surface area contributed by atoms with Gasteiger partial charge in [-0.3, -0.25) is 0 Å². The molecule has 0 aliphatic rings. The third-order valence-corrected chi connectivity index (χ3v) is 4.31. The fourth-order valence-electron chi connectivity index (χ4n) is 2.62. The molecule has 0 aliphatic carbocycles. The molecule has 132 valence electrons. The van der Waals surface area contributed by atoms with Crippen LogP contribution in [0.4, 0.5) is 0 Å². The number of benzene rings is 3. The highest BCUT2D eigenvalue weighted by Gasteiger charge is 2.09. The van der Waals surface area contributed by atoms with E-state index in [4.69, 9.17) is 9.47 Å². The Hall–Kier alpha value is -3.00. The van der Waals surface area contributed by atoms with Crippen LogP contribution in [0.15, 0.2) is 84.9 Å². The van der Waals surface area contributed by atoms with Gasteiger partial charge in [-0.25, -0.2) is 0 Å². The Bertz CT molecular complexity index is 852. The summed E-state index contributed by atoms with van der Waals surface area (Å²) in [4.78, 5) is 0. The molecule has 3 aromatic carbocycles. The van der Waals surface area contributed by atoms with E-state index in [0.717, 1.165) is 28.2 Å². The van der Waals surface area contributed by atoms with Crippen LogP contribution in [0.2, 0.25) is 0 Å². The van der Waals surface area contributed by atoms with E-state index >= 15 is 0 Å². The first-order valence-corrected chi connectivity index (χ1v) is 8.87. The molecule has 2 heteroatoms. The lowest BCUT2D eigenvalue weighted by Crippen LogP contribution is -2.01. The van der Waals surface area contributed by atoms with Crippen LogP contribution in [0.25, 0.3) is 5.57 Å². The monoisotopic (exact) mass is 344 g/mol. The third-order valence-electron chi connectivity index (χ3n) is 4.31. The van der Waals surface area contributed by atoms with Crippen molar-refractivity contribution in [3.63, 3.8) is 0 Å². The van der Waals surface area contributed by atoms with Crippen molar-refractivity contribution in [3.8, 4) is 11.5 Å². The molecule has 0 heterocycles. The summed E-state index contributed by atoms with van der Waals surface area (Å²) in [6.07, 6.45) is 2.10. The molecule has 0 saturated heterocycles. The van der Waals surface area contributed by atoms with Gasteiger partial charge in [-0.1, -0.05) is 72.8 Å². The minimum absolute atomic E-state index is 0.515. The Kier molecular flexibility index (Phi) is 6.10. The summed E-state index contributed by atoms with van der Waals surface area (Å²) in [5.74, 6) is 1.53. The largest absolute Gasteiger partial charge is 0.485 e. The summed E-state index contributed by atoms with van der Waals surface area (Å²) in [7, 11) is 0. The van der Waals surface area contributed by atoms with Crippen molar-refractivity contribution in [3.05, 3.63) is 102 Å². The predicted molar refractivity (Wildman–Crippen MR) is 107 cm³/mol. The van der Waals surface area contributed by atoms with Gasteiger partial charge in [-0.05, 0) is 48.2 Å². The van der Waals surface area contributed by atoms with E-state index in [1.165, 1.54) is 5.57 Å². The highest BCUT2D eigenvalue weighted by Crippen LogP contribution is 2.32. The summed E-state index contributed by atoms with van der Waals surface area (Å²) in [5.41, 5.74) is 4.62. The predicted octanol–water partition coefficient (Wildman–Crippen LogP) is 6.27. The quantitative estimate of drug-likeness (QED) is 0.503. The summed E-state index contributed by atoms with van der Waals surface area (Å²) >= 11 is 0. The van der Waals surface area contributed by atoms with Crippen LogP contribution >= 0.6 is 0 Å². The minimum Gasteiger partial charge on any atom is -0.485 e. The molecule has 0 aromatic heterocycles. The van der Waals surface area contributed by atoms with Gasteiger partial charge in [0.15, 0.2) is 11.5 Å². The lowest BCUT2D eigenvalue weighted by molar-refractivity contribution is 0.256. The number of hydrogen-bond donors (Lipinski definition) is 0. The smallest absolute Gasteiger partial charge is 0.162 e. The minimum atomic E-state index is 0.515. The van der Waals surface area contributed by atoms with E-state index in [2.05, 4.69) is 49.4 Å². The summed E-state index contributed by atoms with van der Waals surface area (Å²) in [6, 6.07) is 26.4. The van der Waals surface area contributed by atoms with Crippen LogP contribution in [-0.2, 0) is 13.2 Å². The van der Waals surface area contributed by atoms with Gasteiger partial charge < -0.3 is 9.47 Å². The van der Waals surface area contributed by atoms with Gasteiger partial charge in [-0.15, -0.1) is 0 Å². The second-order valence-corrected chi connectivity index (χ2v) is 6.18. The number of ether oxygens (including phenoxy) is 2. The van der Waals surface area contributed by atoms with Crippen molar-refractivity contribution < 1.29 is 9.47 Å². The average molecular weight is 344 g/mol. The Morgan fingerprint density at radius 3 is 1.81 bits per heavy atom. The third kappa shape index (κ3) is 4.76. The molecule has 0 N–H and O–H groups in total. The SMILES string of the molecule is CC=C(C)c1ccc(OCc2ccccc2)c(OCc2ccccc2)c1. The van der Waals surface area contributed by atoms with Gasteiger partial charge in [0.05, 0.1) is 0 Å². The zero-order valence-electron chi connectivity index (χ0n) is 15.3. The van der Waals surface area contributed by atoms with Crippen LogP contribution in [0.5, 0.6) is 11.5 Å². The Morgan fingerprint density at radius 1 is 0.731 bits per heavy atom. The van der Waals surface area contributed by atoms with Crippen molar-refractivity contribution in [1.82, 2.24) is 0 Å². The highest BCUT2D eigenvalue weighted by molar-refractivity contribution is 5.66. The van der Waals surface area contributed by atoms with Crippen molar-refractivity contribution >= 4 is 5.57 Å². The maximum absolute atomic E-state index is 6.09. The first kappa shape index (κ1) is 17.8. The molecule has 0 spiro atoms. The topological polar surface area (TPSA) is 18.5 Å². The van der Waals surface area contributed by atoms with E-state index in [9.17, 15) is 0 Å². The Balaban J connectivity index is 1.79. The average Bonchev–Trinajstić information content (AvgIpc) is 2.72. The molecule has 0 fully saturated rings. The first-order chi connectivity index (χ1) is 12.8. The van der Waals surface area contributed by atoms with Crippen molar-refractivity contribution in [2.24, 2.45) is 0 Å². The molecule has 0 bridgehead atoms. The standard InChI is InChI=1S/C24H24O2/c1-3-19(2)22-14-15-23(25-17-20-10-6-4-7-11-20)24(16-22)26-18-21-12-8-5-9-13-21/h3-16H,17-18H2,1-2H3. The molecule has 3 rings (SSSR count). The first-order valence-electron chi connectivity index (χ1n) is 8.87. The molecule has 0 radical (unpaired) electrons. The van der Waals surface area contributed by atoms with Gasteiger partial charge in [0, 0.05) is 0 Å². The van der Waals surface area contributed by atoms with Crippen molar-refractivity contribution in [2.45, 2.75) is 27.1 Å². The van der Waals surface area contributed by atoms with Gasteiger partial charge in [0.25, 0.3) is 0 Å². The number of hydrogen-bond acceptors (Lipinski definition) is 2. The van der Waals surface area contributed by atoms with Crippen molar-refractivity contribution in [1.29, 1.82) is 0 Å². The van der Waals surface area contributed by atoms with Crippen LogP contribution in [-0.4, -0.2) is 0 Å². The Morgan fingerprint density at radius 2 is 1.27 bits per heavy atom. The van der Waals surface area contributed by atoms with E-state index in [1.807, 2.05) is 49.4 Å². The van der Waals surface area contributed by atoms with Gasteiger partial charge in [0.2, 0.25) is 0 Å². The fourth-order valence-corrected chi connectivity index (χ4v) is 2.62. The van der Waals surface area contributed by atoms with Crippen molar-refractivity contribution in [2.75, 3.05) is 0 Å². The molecule has 2 nitrogen and oxygen atoms in total. The second-order valence-electron chi connectivity index (χ2n) is 6.18. The maximum Gasteiger partial charge on any atom is 0.162 e. The molecule has 3 aromatic rings. The lowest BCUT2D eigenvalue weighted by Gasteiger charge is -2.15. The van der Waals surface area contributed by atoms with E-state index in [0.29, 0.717) is 13.2 Å². The van der Waals surface area contributed by atoms with Gasteiger partial charge in [0.1, 0.15) is 13.2 Å². The summed E-state index contributed by atoms with van der Waals surface area (Å²) in [5, 5.41) is 0. The summed E-state index contributed by atoms with van der Waals surface area (Å²) in [6.45, 7) is 5.17. The molecular weight excluding hydrogens is 320 g/mol. The van der Waals surface area contributed by atoms with Gasteiger partial charge >= 0.3 is 0 Å². The molecule has 0 amide bonds. The summed E-state index contributed by atoms with van der Waals surface area (Å²) < 4.78 is 12.1. The zero-order valence-corrected chi connectivity index (χ0v) is 15.3. The highest BCUT2D eigenvalue weighted by atomic mass is 16.5. The van der Waals surface area contributed by atoms with E-state index in [-0.39, 0.29) is 0 Å². The molecular formula is C24H24O2. The second kappa shape index (κ2) is 8.91. The molecule has 0 atom stereocenters. The Labute approximate surface area is 155 Å². The molecule has 0 unspecified atom stereocenters. The van der Waals surface area contributed by atoms with Gasteiger partial charge in [-0.2, -0.15) is 0 Å². The van der Waals surface area contributed by atoms with E-state index < -0.39 is 0 Å². The van der Waals surface area contributed by atoms with Crippen LogP contribution in [0, 0.1) is 0 Å². The van der Waals surface area contributed by atoms with Crippen LogP contribution < -0.4 is 9.47 Å². The maximum atomic E-state index is 6.09. The normalized spacial score (nSPS) is 11.2. The zero-order chi connectivity index (χ0) is 18.2.